The standard InChI is InChI=1S/C12H18BrNO2S/c1-10-5-4-6-12(9-10)17(15,16)14(3)8-7-11(2)13/h4-6,9,11H,7-8H2,1-3H3. The van der Waals surface area contributed by atoms with E-state index in [1.165, 1.54) is 4.31 Å². The molecule has 0 bridgehead atoms. The molecule has 0 saturated carbocycles. The van der Waals surface area contributed by atoms with Gasteiger partial charge in [-0.2, -0.15) is 0 Å². The van der Waals surface area contributed by atoms with Crippen LogP contribution >= 0.6 is 15.9 Å². The van der Waals surface area contributed by atoms with Crippen LogP contribution < -0.4 is 0 Å². The zero-order valence-corrected chi connectivity index (χ0v) is 12.8. The van der Waals surface area contributed by atoms with E-state index in [1.54, 1.807) is 25.2 Å². The maximum atomic E-state index is 12.2. The number of sulfonamides is 1. The average Bonchev–Trinajstić information content (AvgIpc) is 2.25. The molecule has 0 aromatic heterocycles. The minimum Gasteiger partial charge on any atom is -0.207 e. The molecular formula is C12H18BrNO2S. The molecule has 0 saturated heterocycles. The lowest BCUT2D eigenvalue weighted by molar-refractivity contribution is 0.462. The predicted octanol–water partition coefficient (Wildman–Crippen LogP) is 2.79. The predicted molar refractivity (Wildman–Crippen MR) is 74.0 cm³/mol. The van der Waals surface area contributed by atoms with Crippen molar-refractivity contribution in [2.75, 3.05) is 13.6 Å². The number of nitrogens with zero attached hydrogens (tertiary/aromatic N) is 1. The van der Waals surface area contributed by atoms with Gasteiger partial charge in [0.15, 0.2) is 0 Å². The van der Waals surface area contributed by atoms with E-state index in [-0.39, 0.29) is 0 Å². The third-order valence-electron chi connectivity index (χ3n) is 2.54. The highest BCUT2D eigenvalue weighted by molar-refractivity contribution is 9.09. The van der Waals surface area contributed by atoms with E-state index in [2.05, 4.69) is 15.9 Å². The van der Waals surface area contributed by atoms with Crippen LogP contribution in [0.2, 0.25) is 0 Å². The van der Waals surface area contributed by atoms with Crippen molar-refractivity contribution in [2.24, 2.45) is 0 Å². The van der Waals surface area contributed by atoms with Crippen LogP contribution in [0.25, 0.3) is 0 Å². The first-order valence-corrected chi connectivity index (χ1v) is 7.86. The topological polar surface area (TPSA) is 37.4 Å². The molecule has 0 aliphatic carbocycles. The smallest absolute Gasteiger partial charge is 0.207 e. The fourth-order valence-corrected chi connectivity index (χ4v) is 2.93. The molecule has 0 heterocycles. The van der Waals surface area contributed by atoms with Crippen LogP contribution in [0.4, 0.5) is 0 Å². The van der Waals surface area contributed by atoms with Gasteiger partial charge in [-0.05, 0) is 31.0 Å². The van der Waals surface area contributed by atoms with Crippen LogP contribution in [0.15, 0.2) is 29.2 Å². The van der Waals surface area contributed by atoms with Crippen molar-refractivity contribution in [3.8, 4) is 0 Å². The van der Waals surface area contributed by atoms with Crippen molar-refractivity contribution in [3.63, 3.8) is 0 Å². The largest absolute Gasteiger partial charge is 0.242 e. The summed E-state index contributed by atoms with van der Waals surface area (Å²) < 4.78 is 25.8. The molecule has 5 heteroatoms. The quantitative estimate of drug-likeness (QED) is 0.783. The Bertz CT molecular complexity index is 471. The molecule has 1 aromatic rings. The lowest BCUT2D eigenvalue weighted by atomic mass is 10.2. The van der Waals surface area contributed by atoms with Gasteiger partial charge >= 0.3 is 0 Å². The van der Waals surface area contributed by atoms with Crippen LogP contribution in [0, 0.1) is 6.92 Å². The summed E-state index contributed by atoms with van der Waals surface area (Å²) >= 11 is 3.42. The lowest BCUT2D eigenvalue weighted by Gasteiger charge is -2.18. The molecule has 96 valence electrons. The van der Waals surface area contributed by atoms with Crippen molar-refractivity contribution in [1.82, 2.24) is 4.31 Å². The van der Waals surface area contributed by atoms with Crippen molar-refractivity contribution in [1.29, 1.82) is 0 Å². The van der Waals surface area contributed by atoms with Gasteiger partial charge in [0.1, 0.15) is 0 Å². The number of benzene rings is 1. The third kappa shape index (κ3) is 4.08. The highest BCUT2D eigenvalue weighted by atomic mass is 79.9. The number of rotatable bonds is 5. The van der Waals surface area contributed by atoms with Gasteiger partial charge in [-0.3, -0.25) is 0 Å². The van der Waals surface area contributed by atoms with Gasteiger partial charge in [0.05, 0.1) is 4.90 Å². The van der Waals surface area contributed by atoms with Gasteiger partial charge in [0, 0.05) is 18.4 Å². The number of alkyl halides is 1. The Kier molecular flexibility index (Phi) is 5.16. The molecule has 0 N–H and O–H groups in total. The molecule has 1 aromatic carbocycles. The molecule has 3 nitrogen and oxygen atoms in total. The van der Waals surface area contributed by atoms with E-state index in [0.717, 1.165) is 12.0 Å². The Labute approximate surface area is 112 Å². The summed E-state index contributed by atoms with van der Waals surface area (Å²) in [4.78, 5) is 0.680. The molecule has 0 spiro atoms. The summed E-state index contributed by atoms with van der Waals surface area (Å²) in [5, 5.41) is 0. The fraction of sp³-hybridized carbons (Fsp3) is 0.500. The number of aryl methyl sites for hydroxylation is 1. The fourth-order valence-electron chi connectivity index (χ4n) is 1.44. The van der Waals surface area contributed by atoms with Gasteiger partial charge in [0.25, 0.3) is 0 Å². The van der Waals surface area contributed by atoms with Crippen molar-refractivity contribution in [2.45, 2.75) is 30.0 Å². The molecule has 0 aliphatic rings. The molecule has 1 atom stereocenters. The molecule has 0 fully saturated rings. The van der Waals surface area contributed by atoms with E-state index < -0.39 is 10.0 Å². The average molecular weight is 320 g/mol. The second kappa shape index (κ2) is 5.98. The van der Waals surface area contributed by atoms with E-state index in [0.29, 0.717) is 16.3 Å². The zero-order chi connectivity index (χ0) is 13.1. The maximum Gasteiger partial charge on any atom is 0.242 e. The van der Waals surface area contributed by atoms with E-state index >= 15 is 0 Å². The van der Waals surface area contributed by atoms with Gasteiger partial charge in [-0.15, -0.1) is 0 Å². The lowest BCUT2D eigenvalue weighted by Crippen LogP contribution is -2.29. The van der Waals surface area contributed by atoms with E-state index in [4.69, 9.17) is 0 Å². The second-order valence-electron chi connectivity index (χ2n) is 4.21. The molecule has 1 rings (SSSR count). The zero-order valence-electron chi connectivity index (χ0n) is 10.4. The second-order valence-corrected chi connectivity index (χ2v) is 7.82. The molecular weight excluding hydrogens is 302 g/mol. The molecule has 1 unspecified atom stereocenters. The third-order valence-corrected chi connectivity index (χ3v) is 4.85. The summed E-state index contributed by atoms with van der Waals surface area (Å²) in [6.45, 7) is 4.41. The first kappa shape index (κ1) is 14.7. The van der Waals surface area contributed by atoms with Crippen LogP contribution in [0.3, 0.4) is 0 Å². The van der Waals surface area contributed by atoms with Crippen molar-refractivity contribution >= 4 is 26.0 Å². The van der Waals surface area contributed by atoms with Gasteiger partial charge in [-0.25, -0.2) is 12.7 Å². The Morgan fingerprint density at radius 1 is 1.41 bits per heavy atom. The number of hydrogen-bond donors (Lipinski definition) is 0. The highest BCUT2D eigenvalue weighted by Crippen LogP contribution is 2.16. The Morgan fingerprint density at radius 3 is 2.59 bits per heavy atom. The molecule has 0 radical (unpaired) electrons. The summed E-state index contributed by atoms with van der Waals surface area (Å²) in [5.41, 5.74) is 0.952. The molecule has 17 heavy (non-hydrogen) atoms. The van der Waals surface area contributed by atoms with Crippen LogP contribution in [-0.2, 0) is 10.0 Å². The van der Waals surface area contributed by atoms with Crippen molar-refractivity contribution < 1.29 is 8.42 Å². The Hall–Kier alpha value is -0.390. The molecule has 0 amide bonds. The SMILES string of the molecule is Cc1cccc(S(=O)(=O)N(C)CCC(C)Br)c1. The van der Waals surface area contributed by atoms with Crippen LogP contribution in [-0.4, -0.2) is 31.1 Å². The summed E-state index contributed by atoms with van der Waals surface area (Å²) in [5.74, 6) is 0. The van der Waals surface area contributed by atoms with Gasteiger partial charge < -0.3 is 0 Å². The highest BCUT2D eigenvalue weighted by Gasteiger charge is 2.20. The normalized spacial score (nSPS) is 13.9. The van der Waals surface area contributed by atoms with Crippen molar-refractivity contribution in [3.05, 3.63) is 29.8 Å². The number of halogens is 1. The Balaban J connectivity index is 2.88. The minimum absolute atomic E-state index is 0.317. The maximum absolute atomic E-state index is 12.2. The van der Waals surface area contributed by atoms with Gasteiger partial charge in [0.2, 0.25) is 10.0 Å². The summed E-state index contributed by atoms with van der Waals surface area (Å²) in [7, 11) is -1.73. The summed E-state index contributed by atoms with van der Waals surface area (Å²) in [6, 6.07) is 6.99. The first-order chi connectivity index (χ1) is 7.84. The molecule has 0 aliphatic heterocycles. The van der Waals surface area contributed by atoms with Gasteiger partial charge in [-0.1, -0.05) is 35.0 Å². The summed E-state index contributed by atoms with van der Waals surface area (Å²) in [6.07, 6.45) is 0.793. The van der Waals surface area contributed by atoms with Crippen LogP contribution in [0.5, 0.6) is 0 Å². The minimum atomic E-state index is -3.34. The van der Waals surface area contributed by atoms with E-state index in [1.807, 2.05) is 19.9 Å². The van der Waals surface area contributed by atoms with E-state index in [9.17, 15) is 8.42 Å². The monoisotopic (exact) mass is 319 g/mol. The van der Waals surface area contributed by atoms with Crippen LogP contribution in [0.1, 0.15) is 18.9 Å². The number of hydrogen-bond acceptors (Lipinski definition) is 2. The Morgan fingerprint density at radius 2 is 2.06 bits per heavy atom. The first-order valence-electron chi connectivity index (χ1n) is 5.51.